The van der Waals surface area contributed by atoms with Crippen LogP contribution in [0, 0.1) is 0 Å². The van der Waals surface area contributed by atoms with Gasteiger partial charge in [0.2, 0.25) is 5.95 Å². The van der Waals surface area contributed by atoms with Gasteiger partial charge in [-0.1, -0.05) is 12.1 Å². The summed E-state index contributed by atoms with van der Waals surface area (Å²) in [6.45, 7) is 5.48. The number of rotatable bonds is 8. The van der Waals surface area contributed by atoms with Crippen LogP contribution in [0.3, 0.4) is 0 Å². The highest BCUT2D eigenvalue weighted by Crippen LogP contribution is 2.26. The topological polar surface area (TPSA) is 132 Å². The Morgan fingerprint density at radius 3 is 2.64 bits per heavy atom. The lowest BCUT2D eigenvalue weighted by molar-refractivity contribution is 0.107. The Balaban J connectivity index is 1.20. The van der Waals surface area contributed by atoms with Gasteiger partial charge in [-0.15, -0.1) is 5.10 Å². The molecule has 1 fully saturated rings. The molecule has 1 saturated heterocycles. The molecular weight excluding hydrogens is 516 g/mol. The van der Waals surface area contributed by atoms with Gasteiger partial charge in [-0.3, -0.25) is 9.80 Å². The molecule has 202 valence electrons. The Hall–Kier alpha value is -3.84. The van der Waals surface area contributed by atoms with Gasteiger partial charge >= 0.3 is 0 Å². The molecule has 0 spiro atoms. The summed E-state index contributed by atoms with van der Waals surface area (Å²) >= 11 is 0. The average Bonchev–Trinajstić information content (AvgIpc) is 3.52. The normalized spacial score (nSPS) is 15.3. The molecule has 2 aromatic carbocycles. The number of nitrogens with zero attached hydrogens (tertiary/aromatic N) is 6. The number of sulfone groups is 1. The Labute approximate surface area is 226 Å². The number of anilines is 2. The average molecular weight is 547 g/mol. The van der Waals surface area contributed by atoms with Crippen molar-refractivity contribution >= 4 is 38.0 Å². The number of aliphatic hydroxyl groups excluding tert-OH is 1. The summed E-state index contributed by atoms with van der Waals surface area (Å²) in [6, 6.07) is 16.6. The van der Waals surface area contributed by atoms with Crippen molar-refractivity contribution in [1.29, 1.82) is 0 Å². The molecule has 0 bridgehead atoms. The molecule has 0 atom stereocenters. The fraction of sp³-hybridized carbons (Fsp3) is 0.296. The number of hydrogen-bond donors (Lipinski definition) is 3. The molecule has 6 rings (SSSR count). The van der Waals surface area contributed by atoms with Crippen LogP contribution in [0.5, 0.6) is 0 Å². The number of aromatic nitrogens is 5. The van der Waals surface area contributed by atoms with E-state index in [1.807, 2.05) is 36.4 Å². The lowest BCUT2D eigenvalue weighted by Gasteiger charge is -2.33. The monoisotopic (exact) mass is 546 g/mol. The third kappa shape index (κ3) is 5.50. The van der Waals surface area contributed by atoms with Crippen molar-refractivity contribution in [2.24, 2.45) is 0 Å². The van der Waals surface area contributed by atoms with Crippen molar-refractivity contribution in [2.75, 3.05) is 50.9 Å². The molecule has 39 heavy (non-hydrogen) atoms. The Morgan fingerprint density at radius 1 is 1.03 bits per heavy atom. The van der Waals surface area contributed by atoms with Crippen molar-refractivity contribution in [3.63, 3.8) is 0 Å². The van der Waals surface area contributed by atoms with Crippen LogP contribution >= 0.6 is 0 Å². The summed E-state index contributed by atoms with van der Waals surface area (Å²) < 4.78 is 25.8. The van der Waals surface area contributed by atoms with Crippen LogP contribution in [0.15, 0.2) is 65.7 Å². The highest BCUT2D eigenvalue weighted by atomic mass is 32.2. The number of β-amino-alcohol motifs (C(OH)–C–C–N with tert-alkyl or cyclic N) is 1. The van der Waals surface area contributed by atoms with Gasteiger partial charge in [-0.2, -0.15) is 0 Å². The number of H-pyrrole nitrogens is 1. The molecule has 0 aliphatic carbocycles. The van der Waals surface area contributed by atoms with Crippen molar-refractivity contribution in [3.8, 4) is 11.3 Å². The van der Waals surface area contributed by atoms with Crippen LogP contribution < -0.4 is 5.32 Å². The minimum Gasteiger partial charge on any atom is -0.395 e. The quantitative estimate of drug-likeness (QED) is 0.269. The minimum absolute atomic E-state index is 0.199. The number of aliphatic hydroxyl groups is 1. The second-order valence-electron chi connectivity index (χ2n) is 9.82. The molecule has 1 aliphatic rings. The molecule has 3 aromatic heterocycles. The molecule has 4 heterocycles. The van der Waals surface area contributed by atoms with E-state index in [0.29, 0.717) is 5.95 Å². The third-order valence-electron chi connectivity index (χ3n) is 7.00. The van der Waals surface area contributed by atoms with Gasteiger partial charge in [0.05, 0.1) is 46.5 Å². The SMILES string of the molecule is CS(=O)(=O)c1cccc(-c2ccc3cnc(Nc4ccc5[nH]c(CN6CCN(CCO)CC6)nc5c4)nn23)c1. The largest absolute Gasteiger partial charge is 0.395 e. The van der Waals surface area contributed by atoms with E-state index in [2.05, 4.69) is 30.2 Å². The molecule has 0 amide bonds. The van der Waals surface area contributed by atoms with Gasteiger partial charge in [-0.05, 0) is 42.5 Å². The van der Waals surface area contributed by atoms with Crippen LogP contribution in [-0.2, 0) is 16.4 Å². The third-order valence-corrected chi connectivity index (χ3v) is 8.11. The highest BCUT2D eigenvalue weighted by Gasteiger charge is 2.18. The number of imidazole rings is 1. The summed E-state index contributed by atoms with van der Waals surface area (Å²) in [5.41, 5.74) is 4.95. The fourth-order valence-corrected chi connectivity index (χ4v) is 5.60. The summed E-state index contributed by atoms with van der Waals surface area (Å²) in [4.78, 5) is 17.6. The Morgan fingerprint density at radius 2 is 1.85 bits per heavy atom. The van der Waals surface area contributed by atoms with Crippen LogP contribution in [0.4, 0.5) is 11.6 Å². The summed E-state index contributed by atoms with van der Waals surface area (Å²) in [6.07, 6.45) is 2.93. The number of piperazine rings is 1. The maximum Gasteiger partial charge on any atom is 0.245 e. The number of benzene rings is 2. The summed E-state index contributed by atoms with van der Waals surface area (Å²) in [7, 11) is -3.32. The lowest BCUT2D eigenvalue weighted by atomic mass is 10.2. The molecule has 0 unspecified atom stereocenters. The predicted octanol–water partition coefficient (Wildman–Crippen LogP) is 2.53. The molecule has 0 saturated carbocycles. The van der Waals surface area contributed by atoms with Gasteiger partial charge in [0, 0.05) is 50.2 Å². The van der Waals surface area contributed by atoms with Crippen molar-refractivity contribution in [1.82, 2.24) is 34.4 Å². The van der Waals surface area contributed by atoms with Crippen LogP contribution in [0.1, 0.15) is 5.82 Å². The van der Waals surface area contributed by atoms with E-state index < -0.39 is 9.84 Å². The van der Waals surface area contributed by atoms with E-state index in [9.17, 15) is 8.42 Å². The van der Waals surface area contributed by atoms with E-state index in [0.717, 1.165) is 78.6 Å². The maximum atomic E-state index is 12.0. The predicted molar refractivity (Wildman–Crippen MR) is 150 cm³/mol. The zero-order valence-electron chi connectivity index (χ0n) is 21.6. The number of nitrogens with one attached hydrogen (secondary N) is 2. The van der Waals surface area contributed by atoms with Gasteiger partial charge < -0.3 is 15.4 Å². The standard InChI is InChI=1S/C27H30N8O3S/c1-39(37,38)22-4-2-3-19(15-22)25-8-6-21-17-28-27(32-35(21)25)29-20-5-7-23-24(16-20)31-26(30-23)18-34-11-9-33(10-12-34)13-14-36/h2-8,15-17,36H,9-14,18H2,1H3,(H,29,32)(H,30,31). The second kappa shape index (κ2) is 10.4. The van der Waals surface area contributed by atoms with Crippen LogP contribution in [0.2, 0.25) is 0 Å². The van der Waals surface area contributed by atoms with Crippen LogP contribution in [0.25, 0.3) is 27.8 Å². The zero-order chi connectivity index (χ0) is 27.0. The first-order valence-corrected chi connectivity index (χ1v) is 14.7. The Kier molecular flexibility index (Phi) is 6.77. The second-order valence-corrected chi connectivity index (χ2v) is 11.8. The van der Waals surface area contributed by atoms with Crippen molar-refractivity contribution in [3.05, 3.63) is 66.6 Å². The molecule has 5 aromatic rings. The first-order valence-electron chi connectivity index (χ1n) is 12.8. The molecule has 12 heteroatoms. The molecule has 0 radical (unpaired) electrons. The Bertz CT molecular complexity index is 1740. The zero-order valence-corrected chi connectivity index (χ0v) is 22.4. The first kappa shape index (κ1) is 25.4. The summed E-state index contributed by atoms with van der Waals surface area (Å²) in [5.74, 6) is 1.33. The maximum absolute atomic E-state index is 12.0. The van der Waals surface area contributed by atoms with Gasteiger partial charge in [0.25, 0.3) is 0 Å². The molecule has 11 nitrogen and oxygen atoms in total. The van der Waals surface area contributed by atoms with Gasteiger partial charge in [0.15, 0.2) is 9.84 Å². The van der Waals surface area contributed by atoms with E-state index in [1.165, 1.54) is 6.26 Å². The molecule has 1 aliphatic heterocycles. The minimum atomic E-state index is -3.32. The van der Waals surface area contributed by atoms with Crippen LogP contribution in [-0.4, -0.2) is 93.5 Å². The van der Waals surface area contributed by atoms with Crippen molar-refractivity contribution < 1.29 is 13.5 Å². The molecular formula is C27H30N8O3S. The lowest BCUT2D eigenvalue weighted by Crippen LogP contribution is -2.46. The van der Waals surface area contributed by atoms with E-state index in [4.69, 9.17) is 10.1 Å². The van der Waals surface area contributed by atoms with Gasteiger partial charge in [0.1, 0.15) is 5.82 Å². The smallest absolute Gasteiger partial charge is 0.245 e. The van der Waals surface area contributed by atoms with Gasteiger partial charge in [-0.25, -0.2) is 22.9 Å². The van der Waals surface area contributed by atoms with E-state index in [-0.39, 0.29) is 11.5 Å². The highest BCUT2D eigenvalue weighted by molar-refractivity contribution is 7.90. The number of fused-ring (bicyclic) bond motifs is 2. The summed E-state index contributed by atoms with van der Waals surface area (Å²) in [5, 5.41) is 17.1. The fourth-order valence-electron chi connectivity index (χ4n) is 4.93. The van der Waals surface area contributed by atoms with E-state index in [1.54, 1.807) is 28.9 Å². The number of hydrogen-bond acceptors (Lipinski definition) is 9. The first-order chi connectivity index (χ1) is 18.9. The van der Waals surface area contributed by atoms with Crippen molar-refractivity contribution in [2.45, 2.75) is 11.4 Å². The van der Waals surface area contributed by atoms with E-state index >= 15 is 0 Å². The number of aromatic amines is 1. The molecule has 3 N–H and O–H groups in total.